The number of nitrogens with one attached hydrogen (secondary N) is 4. The van der Waals surface area contributed by atoms with Crippen molar-refractivity contribution < 1.29 is 28.7 Å². The maximum Gasteiger partial charge on any atom is 0.313 e. The lowest BCUT2D eigenvalue weighted by Crippen LogP contribution is -2.57. The number of carbonyl (C=O) groups is 5. The summed E-state index contributed by atoms with van der Waals surface area (Å²) in [6, 6.07) is 5.51. The fourth-order valence-corrected chi connectivity index (χ4v) is 7.40. The lowest BCUT2D eigenvalue weighted by Gasteiger charge is -2.35. The molecule has 4 amide bonds. The van der Waals surface area contributed by atoms with Gasteiger partial charge in [-0.2, -0.15) is 0 Å². The van der Waals surface area contributed by atoms with Crippen molar-refractivity contribution in [2.24, 2.45) is 10.8 Å². The first kappa shape index (κ1) is 31.0. The van der Waals surface area contributed by atoms with E-state index in [0.717, 1.165) is 31.2 Å². The highest BCUT2D eigenvalue weighted by Crippen LogP contribution is 2.65. The SMILES string of the molecule is CN[C@@H](C)C(=O)N[C@H]1CCCC[C@H]2CC[C@@H](C(=O)NCc3cccc(NC(=O)C45CC[C@@](C)(C(=O)O4)C5(C)C)c3)N2C1=O. The average molecular weight is 596 g/mol. The Kier molecular flexibility index (Phi) is 8.32. The Morgan fingerprint density at radius 3 is 2.47 bits per heavy atom. The molecule has 4 fully saturated rings. The highest BCUT2D eigenvalue weighted by Gasteiger charge is 2.75. The number of benzene rings is 1. The molecule has 1 unspecified atom stereocenters. The molecule has 0 spiro atoms. The van der Waals surface area contributed by atoms with Crippen molar-refractivity contribution >= 4 is 35.3 Å². The van der Waals surface area contributed by atoms with Gasteiger partial charge in [-0.15, -0.1) is 0 Å². The van der Waals surface area contributed by atoms with E-state index < -0.39 is 34.6 Å². The van der Waals surface area contributed by atoms with Crippen molar-refractivity contribution in [2.75, 3.05) is 12.4 Å². The standard InChI is InChI=1S/C32H45N5O6/c1-19(33-5)25(38)36-23-12-7-6-11-22-13-14-24(37(22)27(23)40)26(39)34-18-20-9-8-10-21(17-20)35-28(41)32-16-15-31(4,29(42)43-32)30(32,2)3/h8-10,17,19,22-24,33H,6-7,11-16,18H2,1-5H3,(H,34,39)(H,35,41)(H,36,38)/t19-,22-,23-,24-,31-,32?/m0/s1. The summed E-state index contributed by atoms with van der Waals surface area (Å²) in [5.41, 5.74) is -1.23. The number of esters is 1. The van der Waals surface area contributed by atoms with Crippen LogP contribution in [0.15, 0.2) is 24.3 Å². The van der Waals surface area contributed by atoms with E-state index in [0.29, 0.717) is 31.4 Å². The summed E-state index contributed by atoms with van der Waals surface area (Å²) < 4.78 is 5.71. The Bertz CT molecular complexity index is 1310. The molecule has 5 rings (SSSR count). The minimum absolute atomic E-state index is 0.0195. The highest BCUT2D eigenvalue weighted by molar-refractivity contribution is 6.03. The van der Waals surface area contributed by atoms with Crippen molar-refractivity contribution in [3.8, 4) is 0 Å². The Balaban J connectivity index is 1.23. The molecule has 4 N–H and O–H groups in total. The van der Waals surface area contributed by atoms with Crippen LogP contribution in [0.3, 0.4) is 0 Å². The van der Waals surface area contributed by atoms with Crippen LogP contribution in [0.2, 0.25) is 0 Å². The van der Waals surface area contributed by atoms with Crippen LogP contribution in [0.4, 0.5) is 5.69 Å². The zero-order valence-corrected chi connectivity index (χ0v) is 25.9. The zero-order chi connectivity index (χ0) is 31.2. The second-order valence-electron chi connectivity index (χ2n) is 13.4. The van der Waals surface area contributed by atoms with Crippen molar-refractivity contribution in [1.29, 1.82) is 0 Å². The van der Waals surface area contributed by atoms with Crippen LogP contribution in [0.5, 0.6) is 0 Å². The van der Waals surface area contributed by atoms with Gasteiger partial charge in [0.25, 0.3) is 5.91 Å². The monoisotopic (exact) mass is 595 g/mol. The number of carbonyl (C=O) groups excluding carboxylic acids is 5. The Hall–Kier alpha value is -3.47. The molecule has 3 heterocycles. The van der Waals surface area contributed by atoms with E-state index in [2.05, 4.69) is 21.3 Å². The lowest BCUT2D eigenvalue weighted by molar-refractivity contribution is -0.165. The topological polar surface area (TPSA) is 146 Å². The second-order valence-corrected chi connectivity index (χ2v) is 13.4. The summed E-state index contributed by atoms with van der Waals surface area (Å²) in [6.07, 6.45) is 5.57. The van der Waals surface area contributed by atoms with Gasteiger partial charge in [-0.1, -0.05) is 38.8 Å². The van der Waals surface area contributed by atoms with Crippen LogP contribution >= 0.6 is 0 Å². The zero-order valence-electron chi connectivity index (χ0n) is 25.9. The van der Waals surface area contributed by atoms with Gasteiger partial charge >= 0.3 is 5.97 Å². The predicted octanol–water partition coefficient (Wildman–Crippen LogP) is 2.39. The molecule has 3 saturated heterocycles. The number of likely N-dealkylation sites (N-methyl/N-ethyl adjacent to an activating group) is 1. The molecule has 11 nitrogen and oxygen atoms in total. The van der Waals surface area contributed by atoms with Gasteiger partial charge in [0.2, 0.25) is 17.7 Å². The largest absolute Gasteiger partial charge is 0.448 e. The molecule has 1 aromatic carbocycles. The van der Waals surface area contributed by atoms with E-state index in [9.17, 15) is 24.0 Å². The van der Waals surface area contributed by atoms with Gasteiger partial charge in [-0.05, 0) is 77.1 Å². The van der Waals surface area contributed by atoms with Gasteiger partial charge < -0.3 is 30.9 Å². The predicted molar refractivity (Wildman–Crippen MR) is 159 cm³/mol. The first-order valence-corrected chi connectivity index (χ1v) is 15.6. The second kappa shape index (κ2) is 11.6. The molecule has 0 radical (unpaired) electrons. The number of fused-ring (bicyclic) bond motifs is 3. The summed E-state index contributed by atoms with van der Waals surface area (Å²) in [5.74, 6) is -1.33. The summed E-state index contributed by atoms with van der Waals surface area (Å²) in [5, 5.41) is 11.7. The molecular formula is C32H45N5O6. The van der Waals surface area contributed by atoms with Crippen molar-refractivity contribution in [1.82, 2.24) is 20.9 Å². The van der Waals surface area contributed by atoms with Crippen LogP contribution < -0.4 is 21.3 Å². The quantitative estimate of drug-likeness (QED) is 0.338. The summed E-state index contributed by atoms with van der Waals surface area (Å²) in [6.45, 7) is 7.66. The van der Waals surface area contributed by atoms with E-state index in [4.69, 9.17) is 4.74 Å². The van der Waals surface area contributed by atoms with Gasteiger partial charge in [0.15, 0.2) is 5.60 Å². The number of anilines is 1. The molecule has 1 saturated carbocycles. The first-order valence-electron chi connectivity index (χ1n) is 15.6. The molecule has 1 aromatic rings. The van der Waals surface area contributed by atoms with Crippen LogP contribution in [-0.4, -0.2) is 71.3 Å². The normalized spacial score (nSPS) is 31.8. The van der Waals surface area contributed by atoms with Gasteiger partial charge in [0, 0.05) is 23.7 Å². The van der Waals surface area contributed by atoms with E-state index in [1.165, 1.54) is 0 Å². The number of hydrogen-bond acceptors (Lipinski definition) is 7. The third-order valence-electron chi connectivity index (χ3n) is 10.9. The van der Waals surface area contributed by atoms with Crippen LogP contribution in [-0.2, 0) is 35.3 Å². The van der Waals surface area contributed by atoms with E-state index in [1.807, 2.05) is 26.8 Å². The molecule has 6 atom stereocenters. The van der Waals surface area contributed by atoms with Crippen LogP contribution in [0, 0.1) is 10.8 Å². The molecule has 43 heavy (non-hydrogen) atoms. The number of rotatable bonds is 8. The summed E-state index contributed by atoms with van der Waals surface area (Å²) >= 11 is 0. The van der Waals surface area contributed by atoms with Crippen molar-refractivity contribution in [2.45, 2.75) is 115 Å². The molecule has 0 aromatic heterocycles. The maximum absolute atomic E-state index is 13.7. The Labute approximate surface area is 253 Å². The van der Waals surface area contributed by atoms with Gasteiger partial charge in [-0.3, -0.25) is 24.0 Å². The third-order valence-corrected chi connectivity index (χ3v) is 10.9. The molecular weight excluding hydrogens is 550 g/mol. The number of nitrogens with zero attached hydrogens (tertiary/aromatic N) is 1. The molecule has 2 bridgehead atoms. The first-order chi connectivity index (χ1) is 20.3. The Morgan fingerprint density at radius 2 is 1.79 bits per heavy atom. The number of hydrogen-bond donors (Lipinski definition) is 4. The Morgan fingerprint density at radius 1 is 1.05 bits per heavy atom. The van der Waals surface area contributed by atoms with E-state index in [1.54, 1.807) is 37.1 Å². The fraction of sp³-hybridized carbons (Fsp3) is 0.656. The lowest BCUT2D eigenvalue weighted by atomic mass is 9.66. The smallest absolute Gasteiger partial charge is 0.313 e. The minimum atomic E-state index is -1.22. The summed E-state index contributed by atoms with van der Waals surface area (Å²) in [7, 11) is 1.70. The van der Waals surface area contributed by atoms with Gasteiger partial charge in [0.1, 0.15) is 12.1 Å². The minimum Gasteiger partial charge on any atom is -0.448 e. The maximum atomic E-state index is 13.7. The third kappa shape index (κ3) is 5.19. The van der Waals surface area contributed by atoms with Crippen molar-refractivity contribution in [3.63, 3.8) is 0 Å². The van der Waals surface area contributed by atoms with Gasteiger partial charge in [0.05, 0.1) is 11.5 Å². The fourth-order valence-electron chi connectivity index (χ4n) is 7.40. The average Bonchev–Trinajstić information content (AvgIpc) is 3.53. The van der Waals surface area contributed by atoms with Crippen LogP contribution in [0.1, 0.15) is 84.6 Å². The molecule has 4 aliphatic rings. The molecule has 11 heteroatoms. The van der Waals surface area contributed by atoms with E-state index >= 15 is 0 Å². The molecule has 3 aliphatic heterocycles. The van der Waals surface area contributed by atoms with Crippen molar-refractivity contribution in [3.05, 3.63) is 29.8 Å². The summed E-state index contributed by atoms with van der Waals surface area (Å²) in [4.78, 5) is 67.4. The molecule has 234 valence electrons. The van der Waals surface area contributed by atoms with Crippen LogP contribution in [0.25, 0.3) is 0 Å². The highest BCUT2D eigenvalue weighted by atomic mass is 16.6. The number of ether oxygens (including phenoxy) is 1. The molecule has 1 aliphatic carbocycles. The van der Waals surface area contributed by atoms with E-state index in [-0.39, 0.29) is 42.2 Å². The van der Waals surface area contributed by atoms with Gasteiger partial charge in [-0.25, -0.2) is 0 Å². The number of amides is 4.